The van der Waals surface area contributed by atoms with Crippen LogP contribution in [-0.2, 0) is 51.5 Å². The van der Waals surface area contributed by atoms with Crippen LogP contribution in [0.5, 0.6) is 0 Å². The number of nitrogens with zero attached hydrogens (tertiary/aromatic N) is 2. The molecule has 5 rings (SSSR count). The molecule has 1 fully saturated rings. The van der Waals surface area contributed by atoms with Crippen molar-refractivity contribution < 1.29 is 48.2 Å². The molecule has 2 N–H and O–H groups in total. The molecule has 0 amide bonds. The second-order valence-electron chi connectivity index (χ2n) is 12.8. The normalized spacial score (nSPS) is 30.4. The Kier molecular flexibility index (Phi) is 10.2. The van der Waals surface area contributed by atoms with Gasteiger partial charge in [-0.15, -0.1) is 0 Å². The third kappa shape index (κ3) is 7.28. The maximum atomic E-state index is 13.2. The summed E-state index contributed by atoms with van der Waals surface area (Å²) >= 11 is 0. The molecule has 2 bridgehead atoms. The first kappa shape index (κ1) is 34.7. The molecule has 2 aromatic rings. The van der Waals surface area contributed by atoms with Crippen LogP contribution in [0.25, 0.3) is 12.2 Å². The summed E-state index contributed by atoms with van der Waals surface area (Å²) in [7, 11) is 3.36. The third-order valence-electron chi connectivity index (χ3n) is 8.86. The number of aryl methyl sites for hydroxylation is 2. The van der Waals surface area contributed by atoms with Gasteiger partial charge in [0, 0.05) is 45.3 Å². The molecule has 3 aliphatic rings. The number of hydrogen-bond donors (Lipinski definition) is 2. The highest BCUT2D eigenvalue weighted by Gasteiger charge is 2.52. The minimum atomic E-state index is -1.44. The maximum absolute atomic E-state index is 13.2. The number of hydrogen-bond acceptors (Lipinski definition) is 11. The van der Waals surface area contributed by atoms with E-state index in [1.165, 1.54) is 20.1 Å². The number of fused-ring (bicyclic) bond motifs is 3. The van der Waals surface area contributed by atoms with Crippen molar-refractivity contribution in [2.75, 3.05) is 20.3 Å². The SMILES string of the molecule is CO[C@]12C=C[C@](C)(O1)[C@@H](OC(=O)C=Cc1cn(C)cn1)Cc1c(C)ccc(C(C)C)c1C=C2CO[C@@H]1OC[C@@H](O)[C@@H](O)[C@@H]1OC(C)=O. The first-order chi connectivity index (χ1) is 22.2. The van der Waals surface area contributed by atoms with Crippen LogP contribution >= 0.6 is 0 Å². The molecule has 0 aliphatic carbocycles. The Morgan fingerprint density at radius 1 is 1.21 bits per heavy atom. The molecule has 47 heavy (non-hydrogen) atoms. The number of methoxy groups -OCH3 is 1. The molecule has 0 unspecified atom stereocenters. The second-order valence-corrected chi connectivity index (χ2v) is 12.8. The van der Waals surface area contributed by atoms with E-state index < -0.39 is 54.0 Å². The van der Waals surface area contributed by atoms with Crippen molar-refractivity contribution in [3.05, 3.63) is 76.4 Å². The van der Waals surface area contributed by atoms with Gasteiger partial charge in [-0.3, -0.25) is 4.79 Å². The van der Waals surface area contributed by atoms with E-state index in [4.69, 9.17) is 28.4 Å². The van der Waals surface area contributed by atoms with E-state index in [1.54, 1.807) is 29.2 Å². The van der Waals surface area contributed by atoms with Gasteiger partial charge in [0.05, 0.1) is 25.2 Å². The number of aromatic nitrogens is 2. The number of ether oxygens (including phenoxy) is 6. The van der Waals surface area contributed by atoms with Gasteiger partial charge in [-0.2, -0.15) is 0 Å². The standard InChI is InChI=1S/C35H44N2O10/c1-20(2)25-10-8-21(3)26-15-29(46-30(40)11-9-24-16-37(6)19-36-24)34(5)12-13-35(42-7,47-34)23(14-27(25)26)17-43-33-32(45-22(4)38)31(41)28(39)18-44-33/h8-14,16,19-20,28-29,31-33,39,41H,15,17-18H2,1-7H3/t28-,29+,31-,32+,33-,34+,35-/m1/s1. The van der Waals surface area contributed by atoms with Gasteiger partial charge in [-0.25, -0.2) is 9.78 Å². The van der Waals surface area contributed by atoms with Crippen LogP contribution in [0.15, 0.2) is 48.5 Å². The van der Waals surface area contributed by atoms with E-state index >= 15 is 0 Å². The highest BCUT2D eigenvalue weighted by atomic mass is 16.7. The van der Waals surface area contributed by atoms with Crippen LogP contribution in [-0.4, -0.2) is 94.1 Å². The summed E-state index contributed by atoms with van der Waals surface area (Å²) < 4.78 is 37.9. The Bertz CT molecular complexity index is 1580. The predicted molar refractivity (Wildman–Crippen MR) is 171 cm³/mol. The molecule has 1 aromatic heterocycles. The minimum Gasteiger partial charge on any atom is -0.455 e. The van der Waals surface area contributed by atoms with Gasteiger partial charge in [-0.05, 0) is 66.3 Å². The molecular weight excluding hydrogens is 608 g/mol. The summed E-state index contributed by atoms with van der Waals surface area (Å²) in [6, 6.07) is 4.14. The van der Waals surface area contributed by atoms with E-state index in [0.717, 1.165) is 22.3 Å². The first-order valence-corrected chi connectivity index (χ1v) is 15.7. The number of esters is 2. The molecule has 3 aliphatic heterocycles. The Hall–Kier alpha value is -3.65. The van der Waals surface area contributed by atoms with E-state index in [1.807, 2.05) is 33.0 Å². The van der Waals surface area contributed by atoms with Crippen molar-refractivity contribution in [3.8, 4) is 0 Å². The van der Waals surface area contributed by atoms with Gasteiger partial charge in [0.25, 0.3) is 0 Å². The lowest BCUT2D eigenvalue weighted by Gasteiger charge is -2.39. The fourth-order valence-corrected chi connectivity index (χ4v) is 6.21. The number of aliphatic hydroxyl groups excluding tert-OH is 2. The maximum Gasteiger partial charge on any atom is 0.331 e. The smallest absolute Gasteiger partial charge is 0.331 e. The average Bonchev–Trinajstić information content (AvgIpc) is 3.61. The first-order valence-electron chi connectivity index (χ1n) is 15.7. The van der Waals surface area contributed by atoms with Gasteiger partial charge in [0.15, 0.2) is 12.4 Å². The highest BCUT2D eigenvalue weighted by Crippen LogP contribution is 2.44. The quantitative estimate of drug-likeness (QED) is 0.234. The molecule has 1 aromatic carbocycles. The van der Waals surface area contributed by atoms with Gasteiger partial charge in [-0.1, -0.05) is 26.0 Å². The monoisotopic (exact) mass is 652 g/mol. The van der Waals surface area contributed by atoms with Crippen molar-refractivity contribution in [1.82, 2.24) is 9.55 Å². The summed E-state index contributed by atoms with van der Waals surface area (Å²) in [6.45, 7) is 8.92. The van der Waals surface area contributed by atoms with Crippen molar-refractivity contribution in [3.63, 3.8) is 0 Å². The van der Waals surface area contributed by atoms with Crippen LogP contribution in [0.1, 0.15) is 61.6 Å². The Morgan fingerprint density at radius 3 is 2.64 bits per heavy atom. The van der Waals surface area contributed by atoms with Gasteiger partial charge in [0.1, 0.15) is 23.9 Å². The topological polar surface area (TPSA) is 148 Å². The van der Waals surface area contributed by atoms with Crippen molar-refractivity contribution in [2.45, 2.75) is 89.1 Å². The number of rotatable bonds is 9. The molecular formula is C35H44N2O10. The molecule has 12 heteroatoms. The summed E-state index contributed by atoms with van der Waals surface area (Å²) in [5.41, 5.74) is 4.02. The van der Waals surface area contributed by atoms with Crippen molar-refractivity contribution >= 4 is 24.1 Å². The lowest BCUT2D eigenvalue weighted by Crippen LogP contribution is -2.55. The van der Waals surface area contributed by atoms with Crippen LogP contribution in [0.4, 0.5) is 0 Å². The van der Waals surface area contributed by atoms with Crippen LogP contribution in [0.2, 0.25) is 0 Å². The molecule has 12 nitrogen and oxygen atoms in total. The zero-order valence-corrected chi connectivity index (χ0v) is 27.8. The number of carbonyl (C=O) groups excluding carboxylic acids is 2. The predicted octanol–water partition coefficient (Wildman–Crippen LogP) is 3.13. The Balaban J connectivity index is 1.53. The molecule has 0 radical (unpaired) electrons. The largest absolute Gasteiger partial charge is 0.455 e. The van der Waals surface area contributed by atoms with E-state index in [0.29, 0.717) is 17.7 Å². The molecule has 0 spiro atoms. The van der Waals surface area contributed by atoms with Crippen LogP contribution < -0.4 is 0 Å². The molecule has 7 atom stereocenters. The zero-order chi connectivity index (χ0) is 34.1. The molecule has 1 saturated heterocycles. The number of aliphatic hydroxyl groups is 2. The second kappa shape index (κ2) is 13.8. The van der Waals surface area contributed by atoms with E-state index in [-0.39, 0.29) is 19.1 Å². The fraction of sp³-hybridized carbons (Fsp3) is 0.514. The number of carbonyl (C=O) groups is 2. The summed E-state index contributed by atoms with van der Waals surface area (Å²) in [4.78, 5) is 29.3. The number of benzene rings is 1. The Morgan fingerprint density at radius 2 is 1.98 bits per heavy atom. The van der Waals surface area contributed by atoms with Gasteiger partial charge < -0.3 is 43.2 Å². The lowest BCUT2D eigenvalue weighted by molar-refractivity contribution is -0.277. The fourth-order valence-electron chi connectivity index (χ4n) is 6.21. The summed E-state index contributed by atoms with van der Waals surface area (Å²) in [5.74, 6) is -2.50. The molecule has 254 valence electrons. The molecule has 4 heterocycles. The Labute approximate surface area is 274 Å². The lowest BCUT2D eigenvalue weighted by atomic mass is 9.84. The number of imidazole rings is 1. The van der Waals surface area contributed by atoms with Gasteiger partial charge in [0.2, 0.25) is 5.79 Å². The van der Waals surface area contributed by atoms with Gasteiger partial charge >= 0.3 is 11.9 Å². The van der Waals surface area contributed by atoms with Crippen LogP contribution in [0.3, 0.4) is 0 Å². The van der Waals surface area contributed by atoms with E-state index in [2.05, 4.69) is 31.0 Å². The van der Waals surface area contributed by atoms with Crippen LogP contribution in [0, 0.1) is 6.92 Å². The third-order valence-corrected chi connectivity index (χ3v) is 8.86. The highest BCUT2D eigenvalue weighted by molar-refractivity contribution is 5.87. The summed E-state index contributed by atoms with van der Waals surface area (Å²) in [6.07, 6.45) is 6.45. The summed E-state index contributed by atoms with van der Waals surface area (Å²) in [5, 5.41) is 20.8. The minimum absolute atomic E-state index is 0.123. The van der Waals surface area contributed by atoms with Crippen molar-refractivity contribution in [2.24, 2.45) is 7.05 Å². The van der Waals surface area contributed by atoms with Crippen molar-refractivity contribution in [1.29, 1.82) is 0 Å². The zero-order valence-electron chi connectivity index (χ0n) is 27.8. The van der Waals surface area contributed by atoms with E-state index in [9.17, 15) is 19.8 Å². The molecule has 0 saturated carbocycles. The average molecular weight is 653 g/mol.